The van der Waals surface area contributed by atoms with Gasteiger partial charge in [0.05, 0.1) is 24.3 Å². The molecule has 0 radical (unpaired) electrons. The summed E-state index contributed by atoms with van der Waals surface area (Å²) in [5, 5.41) is 8.61. The van der Waals surface area contributed by atoms with Gasteiger partial charge in [-0.15, -0.1) is 0 Å². The molecule has 0 amide bonds. The molecule has 2 saturated heterocycles. The van der Waals surface area contributed by atoms with Gasteiger partial charge in [-0.05, 0) is 49.2 Å². The summed E-state index contributed by atoms with van der Waals surface area (Å²) in [6.07, 6.45) is 3.40. The van der Waals surface area contributed by atoms with E-state index in [0.717, 1.165) is 43.0 Å². The minimum atomic E-state index is 0.396. The van der Waals surface area contributed by atoms with E-state index in [9.17, 15) is 0 Å². The van der Waals surface area contributed by atoms with Gasteiger partial charge in [-0.2, -0.15) is 0 Å². The Morgan fingerprint density at radius 3 is 2.38 bits per heavy atom. The fraction of sp³-hybridized carbons (Fsp3) is 0.333. The van der Waals surface area contributed by atoms with E-state index < -0.39 is 0 Å². The molecule has 5 nitrogen and oxygen atoms in total. The molecule has 1 aromatic carbocycles. The van der Waals surface area contributed by atoms with Gasteiger partial charge >= 0.3 is 0 Å². The predicted octanol–water partition coefficient (Wildman–Crippen LogP) is 2.98. The van der Waals surface area contributed by atoms with E-state index in [-0.39, 0.29) is 0 Å². The van der Waals surface area contributed by atoms with Crippen LogP contribution in [0.4, 0.5) is 5.69 Å². The van der Waals surface area contributed by atoms with E-state index in [4.69, 9.17) is 15.9 Å². The third-order valence-corrected chi connectivity index (χ3v) is 5.31. The quantitative estimate of drug-likeness (QED) is 0.833. The third-order valence-electron chi connectivity index (χ3n) is 5.31. The fourth-order valence-corrected chi connectivity index (χ4v) is 3.90. The molecular weight excluding hydrogens is 324 g/mol. The van der Waals surface area contributed by atoms with Crippen LogP contribution in [-0.2, 0) is 4.74 Å². The number of allylic oxidation sites excluding steroid dienone is 2. The molecule has 26 heavy (non-hydrogen) atoms. The van der Waals surface area contributed by atoms with Crippen LogP contribution in [0.15, 0.2) is 48.4 Å². The summed E-state index contributed by atoms with van der Waals surface area (Å²) >= 11 is 0. The van der Waals surface area contributed by atoms with Crippen molar-refractivity contribution in [1.29, 1.82) is 5.41 Å². The Morgan fingerprint density at radius 1 is 1.15 bits per heavy atom. The van der Waals surface area contributed by atoms with Crippen LogP contribution < -0.4 is 10.6 Å². The van der Waals surface area contributed by atoms with Crippen LogP contribution in [0.1, 0.15) is 23.6 Å². The summed E-state index contributed by atoms with van der Waals surface area (Å²) in [7, 11) is 0. The highest BCUT2D eigenvalue weighted by Crippen LogP contribution is 2.41. The van der Waals surface area contributed by atoms with Crippen molar-refractivity contribution in [1.82, 2.24) is 4.98 Å². The molecule has 2 aliphatic rings. The maximum Gasteiger partial charge on any atom is 0.0708 e. The molecule has 4 rings (SSSR count). The fourth-order valence-electron chi connectivity index (χ4n) is 3.90. The van der Waals surface area contributed by atoms with Crippen LogP contribution in [0, 0.1) is 17.7 Å². The number of rotatable bonds is 4. The van der Waals surface area contributed by atoms with Crippen molar-refractivity contribution < 1.29 is 4.74 Å². The number of nitrogens with zero attached hydrogens (tertiary/aromatic N) is 2. The molecule has 0 saturated carbocycles. The van der Waals surface area contributed by atoms with Gasteiger partial charge in [0.15, 0.2) is 0 Å². The Kier molecular flexibility index (Phi) is 4.04. The van der Waals surface area contributed by atoms with Gasteiger partial charge in [-0.25, -0.2) is 0 Å². The van der Waals surface area contributed by atoms with E-state index in [1.807, 2.05) is 19.1 Å². The topological polar surface area (TPSA) is 75.2 Å². The summed E-state index contributed by atoms with van der Waals surface area (Å²) < 4.78 is 5.37. The van der Waals surface area contributed by atoms with Gasteiger partial charge in [0.2, 0.25) is 0 Å². The Morgan fingerprint density at radius 2 is 1.85 bits per heavy atom. The van der Waals surface area contributed by atoms with Crippen LogP contribution in [0.2, 0.25) is 0 Å². The van der Waals surface area contributed by atoms with Crippen molar-refractivity contribution >= 4 is 17.0 Å². The van der Waals surface area contributed by atoms with E-state index >= 15 is 0 Å². The van der Waals surface area contributed by atoms with Crippen LogP contribution in [0.25, 0.3) is 5.57 Å². The molecule has 3 heterocycles. The average molecular weight is 348 g/mol. The Labute approximate surface area is 154 Å². The normalized spacial score (nSPS) is 18.8. The standard InChI is InChI=1S/C21H24N4O/c1-14-9-17(3-4-18(14)25-10-21(11-25)12-26-13-21)19(15(2)22)20(23)16-5-7-24-8-6-16/h3-9,23H,10-13,22H2,1-2H3/b19-15-,23-20?. The second kappa shape index (κ2) is 6.25. The number of hydrogen-bond donors (Lipinski definition) is 2. The molecule has 0 unspecified atom stereocenters. The highest BCUT2D eigenvalue weighted by Gasteiger charge is 2.49. The summed E-state index contributed by atoms with van der Waals surface area (Å²) in [5.74, 6) is 0. The van der Waals surface area contributed by atoms with Gasteiger partial charge in [0.25, 0.3) is 0 Å². The molecule has 5 heteroatoms. The summed E-state index contributed by atoms with van der Waals surface area (Å²) in [6, 6.07) is 10.0. The largest absolute Gasteiger partial charge is 0.402 e. The van der Waals surface area contributed by atoms with Crippen molar-refractivity contribution in [2.24, 2.45) is 11.1 Å². The Balaban J connectivity index is 1.61. The number of anilines is 1. The van der Waals surface area contributed by atoms with Crippen molar-refractivity contribution in [3.63, 3.8) is 0 Å². The van der Waals surface area contributed by atoms with Gasteiger partial charge < -0.3 is 15.4 Å². The molecular formula is C21H24N4O. The van der Waals surface area contributed by atoms with E-state index in [1.54, 1.807) is 12.4 Å². The molecule has 3 N–H and O–H groups in total. The third kappa shape index (κ3) is 2.78. The SMILES string of the molecule is C/C(N)=C(/C(=N)c1ccncc1)c1ccc(N2CC3(COC3)C2)c(C)c1. The lowest BCUT2D eigenvalue weighted by molar-refractivity contribution is -0.127. The van der Waals surface area contributed by atoms with E-state index in [2.05, 4.69) is 35.0 Å². The minimum absolute atomic E-state index is 0.396. The van der Waals surface area contributed by atoms with Crippen molar-refractivity contribution in [2.45, 2.75) is 13.8 Å². The summed E-state index contributed by atoms with van der Waals surface area (Å²) in [4.78, 5) is 6.44. The van der Waals surface area contributed by atoms with Crippen LogP contribution in [0.3, 0.4) is 0 Å². The molecule has 2 aromatic rings. The minimum Gasteiger partial charge on any atom is -0.402 e. The van der Waals surface area contributed by atoms with E-state index in [0.29, 0.717) is 16.8 Å². The van der Waals surface area contributed by atoms with Crippen LogP contribution in [0.5, 0.6) is 0 Å². The number of benzene rings is 1. The predicted molar refractivity (Wildman–Crippen MR) is 104 cm³/mol. The maximum atomic E-state index is 8.61. The monoisotopic (exact) mass is 348 g/mol. The van der Waals surface area contributed by atoms with Crippen molar-refractivity contribution in [3.05, 3.63) is 65.1 Å². The first-order chi connectivity index (χ1) is 12.5. The lowest BCUT2D eigenvalue weighted by Gasteiger charge is -2.56. The molecule has 1 aromatic heterocycles. The highest BCUT2D eigenvalue weighted by atomic mass is 16.5. The van der Waals surface area contributed by atoms with Gasteiger partial charge in [-0.3, -0.25) is 10.4 Å². The average Bonchev–Trinajstić information content (AvgIpc) is 2.54. The first-order valence-electron chi connectivity index (χ1n) is 8.88. The number of pyridine rings is 1. The van der Waals surface area contributed by atoms with Crippen molar-refractivity contribution in [2.75, 3.05) is 31.2 Å². The number of hydrogen-bond acceptors (Lipinski definition) is 5. The first-order valence-corrected chi connectivity index (χ1v) is 8.88. The number of aromatic nitrogens is 1. The maximum absolute atomic E-state index is 8.61. The number of ether oxygens (including phenoxy) is 1. The van der Waals surface area contributed by atoms with Crippen LogP contribution in [-0.4, -0.2) is 37.0 Å². The van der Waals surface area contributed by atoms with Crippen LogP contribution >= 0.6 is 0 Å². The van der Waals surface area contributed by atoms with Gasteiger partial charge in [-0.1, -0.05) is 6.07 Å². The van der Waals surface area contributed by atoms with E-state index in [1.165, 1.54) is 11.3 Å². The van der Waals surface area contributed by atoms with Gasteiger partial charge in [0.1, 0.15) is 0 Å². The molecule has 2 aliphatic heterocycles. The Hall–Kier alpha value is -2.66. The summed E-state index contributed by atoms with van der Waals surface area (Å²) in [6.45, 7) is 7.90. The second-order valence-electron chi connectivity index (χ2n) is 7.52. The highest BCUT2D eigenvalue weighted by molar-refractivity contribution is 6.30. The van der Waals surface area contributed by atoms with Gasteiger partial charge in [0, 0.05) is 48.0 Å². The lowest BCUT2D eigenvalue weighted by atomic mass is 9.77. The first kappa shape index (κ1) is 16.8. The molecule has 0 aliphatic carbocycles. The Bertz CT molecular complexity index is 872. The number of nitrogens with two attached hydrogens (primary N) is 1. The lowest BCUT2D eigenvalue weighted by Crippen LogP contribution is -2.66. The number of aryl methyl sites for hydroxylation is 1. The zero-order valence-corrected chi connectivity index (χ0v) is 15.2. The summed E-state index contributed by atoms with van der Waals surface area (Å²) in [5.41, 5.74) is 12.7. The molecule has 0 bridgehead atoms. The smallest absolute Gasteiger partial charge is 0.0708 e. The molecule has 1 spiro atoms. The number of nitrogens with one attached hydrogen (secondary N) is 1. The second-order valence-corrected chi connectivity index (χ2v) is 7.52. The molecule has 0 atom stereocenters. The molecule has 2 fully saturated rings. The molecule has 134 valence electrons. The zero-order chi connectivity index (χ0) is 18.3. The zero-order valence-electron chi connectivity index (χ0n) is 15.2. The van der Waals surface area contributed by atoms with Crippen molar-refractivity contribution in [3.8, 4) is 0 Å².